The molecule has 1 heterocycles. The molecule has 1 aliphatic heterocycles. The lowest BCUT2D eigenvalue weighted by Gasteiger charge is -2.27. The highest BCUT2D eigenvalue weighted by molar-refractivity contribution is 8.55. The van der Waals surface area contributed by atoms with Crippen molar-refractivity contribution in [1.29, 1.82) is 0 Å². The third kappa shape index (κ3) is 2.10. The van der Waals surface area contributed by atoms with E-state index in [0.717, 1.165) is 16.6 Å². The van der Waals surface area contributed by atoms with E-state index < -0.39 is 16.0 Å². The first-order valence-electron chi connectivity index (χ1n) is 3.31. The summed E-state index contributed by atoms with van der Waals surface area (Å²) in [5.74, 6) is 1.71. The molecule has 0 amide bonds. The summed E-state index contributed by atoms with van der Waals surface area (Å²) in [7, 11) is -1.02. The van der Waals surface area contributed by atoms with Gasteiger partial charge >= 0.3 is 5.97 Å². The molecule has 6 heteroatoms. The van der Waals surface area contributed by atoms with Gasteiger partial charge in [0.25, 0.3) is 0 Å². The van der Waals surface area contributed by atoms with Crippen molar-refractivity contribution in [2.75, 3.05) is 22.8 Å². The highest BCUT2D eigenvalue weighted by Gasteiger charge is 2.33. The van der Waals surface area contributed by atoms with Gasteiger partial charge in [-0.15, -0.1) is 0 Å². The molecular formula is C6H10O2S4. The molecule has 0 aromatic heterocycles. The molecule has 1 aliphatic rings. The second-order valence-electron chi connectivity index (χ2n) is 2.67. The highest BCUT2D eigenvalue weighted by atomic mass is 32.3. The Labute approximate surface area is 88.7 Å². The van der Waals surface area contributed by atoms with Gasteiger partial charge in [-0.3, -0.25) is 0 Å². The number of carbonyl (C=O) groups is 1. The molecule has 1 unspecified atom stereocenters. The van der Waals surface area contributed by atoms with Crippen LogP contribution >= 0.6 is 46.9 Å². The Hall–Kier alpha value is 0.610. The second kappa shape index (κ2) is 4.21. The summed E-state index contributed by atoms with van der Waals surface area (Å²) in [6.07, 6.45) is 2.08. The van der Waals surface area contributed by atoms with Gasteiger partial charge in [0, 0.05) is 23.7 Å². The smallest absolute Gasteiger partial charge is 0.366 e. The lowest BCUT2D eigenvalue weighted by Crippen LogP contribution is -2.20. The Morgan fingerprint density at radius 1 is 1.75 bits per heavy atom. The molecule has 0 aliphatic carbocycles. The maximum absolute atomic E-state index is 11.1. The van der Waals surface area contributed by atoms with Gasteiger partial charge in [0.2, 0.25) is 0 Å². The van der Waals surface area contributed by atoms with Crippen molar-refractivity contribution in [3.8, 4) is 0 Å². The molecule has 0 bridgehead atoms. The topological polar surface area (TPSA) is 26.3 Å². The average molecular weight is 242 g/mol. The van der Waals surface area contributed by atoms with Crippen LogP contribution in [0.2, 0.25) is 0 Å². The number of thiocarbonyl (C=S) groups is 1. The third-order valence-corrected chi connectivity index (χ3v) is 8.92. The zero-order valence-electron chi connectivity index (χ0n) is 6.61. The first kappa shape index (κ1) is 10.7. The van der Waals surface area contributed by atoms with Gasteiger partial charge in [0.1, 0.15) is 4.20 Å². The molecule has 70 valence electrons. The number of hydrogen-bond acceptors (Lipinski definition) is 5. The van der Waals surface area contributed by atoms with Crippen molar-refractivity contribution in [2.45, 2.75) is 0 Å². The fourth-order valence-corrected chi connectivity index (χ4v) is 7.28. The third-order valence-electron chi connectivity index (χ3n) is 1.72. The molecule has 0 aromatic carbocycles. The summed E-state index contributed by atoms with van der Waals surface area (Å²) in [6.45, 7) is 0. The summed E-state index contributed by atoms with van der Waals surface area (Å²) >= 11 is 10.4. The number of carbonyl (C=O) groups excluding carboxylic acids is 1. The van der Waals surface area contributed by atoms with Crippen molar-refractivity contribution < 1.29 is 8.98 Å². The van der Waals surface area contributed by atoms with Gasteiger partial charge in [-0.05, 0) is 12.0 Å². The SMILES string of the molecule is CS1(C(=S)C(=O)OS)CCSC1. The Bertz CT molecular complexity index is 210. The minimum absolute atomic E-state index is 0.437. The Kier molecular flexibility index (Phi) is 3.75. The predicted octanol–water partition coefficient (Wildman–Crippen LogP) is 1.84. The number of hydrogen-bond donors (Lipinski definition) is 1. The molecule has 0 radical (unpaired) electrons. The van der Waals surface area contributed by atoms with E-state index in [1.807, 2.05) is 11.8 Å². The van der Waals surface area contributed by atoms with Crippen LogP contribution in [0.3, 0.4) is 0 Å². The van der Waals surface area contributed by atoms with Crippen molar-refractivity contribution in [1.82, 2.24) is 0 Å². The van der Waals surface area contributed by atoms with Gasteiger partial charge in [-0.25, -0.2) is 4.79 Å². The second-order valence-corrected chi connectivity index (χ2v) is 8.64. The Morgan fingerprint density at radius 2 is 2.42 bits per heavy atom. The minimum Gasteiger partial charge on any atom is -0.390 e. The van der Waals surface area contributed by atoms with Crippen LogP contribution < -0.4 is 0 Å². The standard InChI is InChI=1S/C6H10O2S4/c1-12(3-2-11-4-12)6(9)5(7)8-10/h10H,2-4H2,1H3. The van der Waals surface area contributed by atoms with Crippen LogP contribution in [0, 0.1) is 0 Å². The zero-order valence-corrected chi connectivity index (χ0v) is 9.95. The van der Waals surface area contributed by atoms with E-state index in [9.17, 15) is 4.79 Å². The Balaban J connectivity index is 2.68. The van der Waals surface area contributed by atoms with Gasteiger partial charge in [0.15, 0.2) is 0 Å². The first-order valence-corrected chi connectivity index (χ1v) is 7.62. The molecule has 0 saturated carbocycles. The lowest BCUT2D eigenvalue weighted by atomic mass is 10.8. The number of thioether (sulfide) groups is 1. The van der Waals surface area contributed by atoms with E-state index in [2.05, 4.69) is 23.3 Å². The molecule has 0 spiro atoms. The van der Waals surface area contributed by atoms with Crippen molar-refractivity contribution in [2.24, 2.45) is 0 Å². The van der Waals surface area contributed by atoms with Crippen LogP contribution in [0.4, 0.5) is 0 Å². The summed E-state index contributed by atoms with van der Waals surface area (Å²) in [5.41, 5.74) is 0. The first-order chi connectivity index (χ1) is 5.60. The van der Waals surface area contributed by atoms with Crippen LogP contribution in [0.1, 0.15) is 0 Å². The van der Waals surface area contributed by atoms with Gasteiger partial charge in [-0.1, -0.05) is 12.2 Å². The zero-order chi connectivity index (χ0) is 9.19. The molecule has 0 aromatic rings. The van der Waals surface area contributed by atoms with Gasteiger partial charge in [0.05, 0.1) is 0 Å². The number of thiol groups is 1. The Morgan fingerprint density at radius 3 is 2.83 bits per heavy atom. The monoisotopic (exact) mass is 242 g/mol. The summed E-state index contributed by atoms with van der Waals surface area (Å²) in [6, 6.07) is 0. The molecule has 12 heavy (non-hydrogen) atoms. The quantitative estimate of drug-likeness (QED) is 0.398. The largest absolute Gasteiger partial charge is 0.390 e. The summed E-state index contributed by atoms with van der Waals surface area (Å²) in [5, 5.41) is 0.995. The van der Waals surface area contributed by atoms with Crippen molar-refractivity contribution >= 4 is 57.1 Å². The normalized spacial score (nSPS) is 33.8. The maximum atomic E-state index is 11.1. The van der Waals surface area contributed by atoms with Crippen LogP contribution in [0.25, 0.3) is 0 Å². The number of rotatable bonds is 0. The maximum Gasteiger partial charge on any atom is 0.366 e. The molecular weight excluding hydrogens is 232 g/mol. The van der Waals surface area contributed by atoms with Crippen LogP contribution in [-0.4, -0.2) is 33.0 Å². The predicted molar refractivity (Wildman–Crippen MR) is 63.4 cm³/mol. The van der Waals surface area contributed by atoms with Gasteiger partial charge < -0.3 is 4.18 Å². The van der Waals surface area contributed by atoms with E-state index in [1.165, 1.54) is 0 Å². The van der Waals surface area contributed by atoms with Crippen LogP contribution in [-0.2, 0) is 8.98 Å². The summed E-state index contributed by atoms with van der Waals surface area (Å²) < 4.78 is 4.78. The van der Waals surface area contributed by atoms with E-state index >= 15 is 0 Å². The molecule has 1 fully saturated rings. The van der Waals surface area contributed by atoms with E-state index in [1.54, 1.807) is 0 Å². The molecule has 2 nitrogen and oxygen atoms in total. The van der Waals surface area contributed by atoms with E-state index in [-0.39, 0.29) is 0 Å². The van der Waals surface area contributed by atoms with E-state index in [0.29, 0.717) is 4.20 Å². The fourth-order valence-electron chi connectivity index (χ4n) is 0.929. The molecule has 1 saturated heterocycles. The summed E-state index contributed by atoms with van der Waals surface area (Å²) in [4.78, 5) is 11.1. The lowest BCUT2D eigenvalue weighted by molar-refractivity contribution is -0.125. The molecule has 0 N–H and O–H groups in total. The molecule has 1 rings (SSSR count). The average Bonchev–Trinajstić information content (AvgIpc) is 2.50. The van der Waals surface area contributed by atoms with Gasteiger partial charge in [-0.2, -0.15) is 21.8 Å². The van der Waals surface area contributed by atoms with Crippen molar-refractivity contribution in [3.05, 3.63) is 0 Å². The van der Waals surface area contributed by atoms with Crippen LogP contribution in [0.15, 0.2) is 0 Å². The van der Waals surface area contributed by atoms with Crippen LogP contribution in [0.5, 0.6) is 0 Å². The highest BCUT2D eigenvalue weighted by Crippen LogP contribution is 2.54. The van der Waals surface area contributed by atoms with Crippen molar-refractivity contribution in [3.63, 3.8) is 0 Å². The minimum atomic E-state index is -1.02. The molecule has 1 atom stereocenters. The van der Waals surface area contributed by atoms with E-state index in [4.69, 9.17) is 12.2 Å². The fraction of sp³-hybridized carbons (Fsp3) is 0.667.